The normalized spacial score (nSPS) is 15.6. The van der Waals surface area contributed by atoms with Crippen molar-refractivity contribution in [1.29, 1.82) is 5.26 Å². The summed E-state index contributed by atoms with van der Waals surface area (Å²) >= 11 is 1.35. The van der Waals surface area contributed by atoms with Crippen molar-refractivity contribution in [3.63, 3.8) is 0 Å². The average Bonchev–Trinajstić information content (AvgIpc) is 3.47. The van der Waals surface area contributed by atoms with Gasteiger partial charge in [0.15, 0.2) is 17.0 Å². The van der Waals surface area contributed by atoms with Gasteiger partial charge in [-0.1, -0.05) is 20.8 Å². The average molecular weight is 554 g/mol. The minimum atomic E-state index is -4.74. The summed E-state index contributed by atoms with van der Waals surface area (Å²) in [7, 11) is 1.49. The van der Waals surface area contributed by atoms with E-state index < -0.39 is 17.8 Å². The van der Waals surface area contributed by atoms with Crippen LogP contribution in [0.5, 0.6) is 5.75 Å². The molecule has 1 atom stereocenters. The summed E-state index contributed by atoms with van der Waals surface area (Å²) < 4.78 is 47.7. The number of hydrogen-bond donors (Lipinski definition) is 1. The summed E-state index contributed by atoms with van der Waals surface area (Å²) in [5, 5.41) is 16.9. The van der Waals surface area contributed by atoms with Crippen molar-refractivity contribution >= 4 is 27.9 Å². The summed E-state index contributed by atoms with van der Waals surface area (Å²) in [6.07, 6.45) is -2.24. The number of alkyl halides is 3. The molecule has 1 N–H and O–H groups in total. The van der Waals surface area contributed by atoms with Gasteiger partial charge in [-0.2, -0.15) is 23.5 Å². The van der Waals surface area contributed by atoms with E-state index in [2.05, 4.69) is 42.2 Å². The predicted molar refractivity (Wildman–Crippen MR) is 142 cm³/mol. The summed E-state index contributed by atoms with van der Waals surface area (Å²) in [5.74, 6) is 0.297. The van der Waals surface area contributed by atoms with Crippen molar-refractivity contribution in [1.82, 2.24) is 14.6 Å². The van der Waals surface area contributed by atoms with Crippen LogP contribution in [0.1, 0.15) is 59.4 Å². The van der Waals surface area contributed by atoms with Crippen molar-refractivity contribution in [2.45, 2.75) is 46.2 Å². The Labute approximate surface area is 227 Å². The summed E-state index contributed by atoms with van der Waals surface area (Å²) in [6, 6.07) is 10.8. The number of amides is 1. The number of methoxy groups -OCH3 is 1. The first-order valence-corrected chi connectivity index (χ1v) is 13.2. The Balaban J connectivity index is 1.49. The SMILES string of the molecule is COc1ccc(-c2cc(C(F)(F)F)n3nc(C(=O)Nc4sc5c(c4C#N)CCC(C(C)(C)C)C5)cc3n2)cc1. The van der Waals surface area contributed by atoms with Crippen LogP contribution < -0.4 is 10.1 Å². The standard InChI is InChI=1S/C28H26F3N5O2S/c1-27(2,3)16-7-10-18-19(14-32)26(39-22(18)11-16)34-25(37)21-13-24-33-20(15-5-8-17(38-4)9-6-15)12-23(28(29,30)31)36(24)35-21/h5-6,8-9,12-13,16H,7,10-11H2,1-4H3,(H,34,37). The molecule has 39 heavy (non-hydrogen) atoms. The number of carbonyl (C=O) groups excluding carboxylic acids is 1. The minimum Gasteiger partial charge on any atom is -0.497 e. The van der Waals surface area contributed by atoms with E-state index in [1.54, 1.807) is 24.3 Å². The van der Waals surface area contributed by atoms with Crippen LogP contribution >= 0.6 is 11.3 Å². The number of anilines is 1. The molecule has 0 spiro atoms. The topological polar surface area (TPSA) is 92.3 Å². The zero-order valence-electron chi connectivity index (χ0n) is 21.8. The second kappa shape index (κ2) is 9.68. The molecule has 202 valence electrons. The maximum atomic E-state index is 14.0. The fourth-order valence-electron chi connectivity index (χ4n) is 4.90. The van der Waals surface area contributed by atoms with E-state index in [9.17, 15) is 23.2 Å². The molecule has 1 aliphatic rings. The van der Waals surface area contributed by atoms with E-state index in [0.717, 1.165) is 35.8 Å². The maximum absolute atomic E-state index is 14.0. The number of nitriles is 1. The fraction of sp³-hybridized carbons (Fsp3) is 0.357. The summed E-state index contributed by atoms with van der Waals surface area (Å²) in [4.78, 5) is 18.6. The minimum absolute atomic E-state index is 0.0791. The van der Waals surface area contributed by atoms with Crippen LogP contribution in [0.15, 0.2) is 36.4 Å². The fourth-order valence-corrected chi connectivity index (χ4v) is 6.17. The lowest BCUT2D eigenvalue weighted by molar-refractivity contribution is -0.142. The molecule has 0 saturated carbocycles. The number of rotatable bonds is 4. The number of aromatic nitrogens is 3. The van der Waals surface area contributed by atoms with Gasteiger partial charge < -0.3 is 10.1 Å². The highest BCUT2D eigenvalue weighted by atomic mass is 32.1. The smallest absolute Gasteiger partial charge is 0.433 e. The van der Waals surface area contributed by atoms with Crippen molar-refractivity contribution < 1.29 is 22.7 Å². The third-order valence-electron chi connectivity index (χ3n) is 7.16. The van der Waals surface area contributed by atoms with Gasteiger partial charge in [0.25, 0.3) is 5.91 Å². The molecule has 7 nitrogen and oxygen atoms in total. The lowest BCUT2D eigenvalue weighted by Gasteiger charge is -2.33. The second-order valence-corrected chi connectivity index (χ2v) is 11.7. The highest BCUT2D eigenvalue weighted by Gasteiger charge is 2.36. The van der Waals surface area contributed by atoms with Crippen molar-refractivity contribution in [3.05, 3.63) is 63.8 Å². The lowest BCUT2D eigenvalue weighted by atomic mass is 9.72. The molecule has 1 aliphatic carbocycles. The van der Waals surface area contributed by atoms with Gasteiger partial charge in [-0.3, -0.25) is 4.79 Å². The molecule has 3 aromatic heterocycles. The van der Waals surface area contributed by atoms with Crippen LogP contribution in [-0.4, -0.2) is 27.6 Å². The van der Waals surface area contributed by atoms with E-state index in [0.29, 0.717) is 32.3 Å². The third kappa shape index (κ3) is 5.08. The molecule has 0 bridgehead atoms. The molecule has 0 fully saturated rings. The van der Waals surface area contributed by atoms with Gasteiger partial charge >= 0.3 is 6.18 Å². The molecule has 1 amide bonds. The molecule has 0 aliphatic heterocycles. The van der Waals surface area contributed by atoms with Crippen molar-refractivity contribution in [3.8, 4) is 23.1 Å². The van der Waals surface area contributed by atoms with Gasteiger partial charge in [0.1, 0.15) is 16.8 Å². The molecule has 5 rings (SSSR count). The zero-order valence-corrected chi connectivity index (χ0v) is 22.6. The Bertz CT molecular complexity index is 1610. The van der Waals surface area contributed by atoms with Crippen LogP contribution in [-0.2, 0) is 19.0 Å². The van der Waals surface area contributed by atoms with Crippen LogP contribution in [0.4, 0.5) is 18.2 Å². The molecular weight excluding hydrogens is 527 g/mol. The Morgan fingerprint density at radius 2 is 1.92 bits per heavy atom. The highest BCUT2D eigenvalue weighted by molar-refractivity contribution is 7.16. The number of ether oxygens (including phenoxy) is 1. The number of benzene rings is 1. The van der Waals surface area contributed by atoms with Crippen LogP contribution in [0.25, 0.3) is 16.9 Å². The largest absolute Gasteiger partial charge is 0.497 e. The number of thiophene rings is 1. The molecule has 11 heteroatoms. The summed E-state index contributed by atoms with van der Waals surface area (Å²) in [6.45, 7) is 6.57. The highest BCUT2D eigenvalue weighted by Crippen LogP contribution is 2.44. The van der Waals surface area contributed by atoms with Gasteiger partial charge in [0.2, 0.25) is 0 Å². The first-order valence-electron chi connectivity index (χ1n) is 12.4. The van der Waals surface area contributed by atoms with E-state index in [1.807, 2.05) is 0 Å². The molecular formula is C28H26F3N5O2S. The zero-order chi connectivity index (χ0) is 28.1. The molecule has 0 radical (unpaired) electrons. The van der Waals surface area contributed by atoms with Gasteiger partial charge in [0, 0.05) is 16.5 Å². The second-order valence-electron chi connectivity index (χ2n) is 10.6. The monoisotopic (exact) mass is 553 g/mol. The van der Waals surface area contributed by atoms with Crippen LogP contribution in [0, 0.1) is 22.7 Å². The van der Waals surface area contributed by atoms with Crippen molar-refractivity contribution in [2.24, 2.45) is 11.3 Å². The number of fused-ring (bicyclic) bond motifs is 2. The number of halogens is 3. The Morgan fingerprint density at radius 3 is 2.54 bits per heavy atom. The molecule has 1 unspecified atom stereocenters. The van der Waals surface area contributed by atoms with Gasteiger partial charge in [-0.15, -0.1) is 11.3 Å². The number of carbonyl (C=O) groups is 1. The quantitative estimate of drug-likeness (QED) is 0.301. The van der Waals surface area contributed by atoms with Crippen LogP contribution in [0.2, 0.25) is 0 Å². The third-order valence-corrected chi connectivity index (χ3v) is 8.33. The van der Waals surface area contributed by atoms with Gasteiger partial charge in [0.05, 0.1) is 18.4 Å². The number of nitrogens with one attached hydrogen (secondary N) is 1. The number of hydrogen-bond acceptors (Lipinski definition) is 6. The van der Waals surface area contributed by atoms with E-state index >= 15 is 0 Å². The molecule has 1 aromatic carbocycles. The van der Waals surface area contributed by atoms with Crippen molar-refractivity contribution in [2.75, 3.05) is 12.4 Å². The lowest BCUT2D eigenvalue weighted by Crippen LogP contribution is -2.26. The van der Waals surface area contributed by atoms with E-state index in [1.165, 1.54) is 24.5 Å². The Morgan fingerprint density at radius 1 is 1.21 bits per heavy atom. The maximum Gasteiger partial charge on any atom is 0.433 e. The molecule has 4 aromatic rings. The van der Waals surface area contributed by atoms with E-state index in [-0.39, 0.29) is 22.5 Å². The summed E-state index contributed by atoms with van der Waals surface area (Å²) in [5.41, 5.74) is 0.580. The Kier molecular flexibility index (Phi) is 6.63. The number of nitrogens with zero attached hydrogens (tertiary/aromatic N) is 4. The van der Waals surface area contributed by atoms with Gasteiger partial charge in [-0.05, 0) is 66.5 Å². The van der Waals surface area contributed by atoms with Gasteiger partial charge in [-0.25, -0.2) is 9.50 Å². The van der Waals surface area contributed by atoms with E-state index in [4.69, 9.17) is 4.74 Å². The first kappa shape index (κ1) is 26.7. The van der Waals surface area contributed by atoms with Crippen LogP contribution in [0.3, 0.4) is 0 Å². The molecule has 3 heterocycles. The Hall–Kier alpha value is -3.91. The predicted octanol–water partition coefficient (Wildman–Crippen LogP) is 6.76. The molecule has 0 saturated heterocycles. The first-order chi connectivity index (χ1) is 18.4.